The molecule has 1 aromatic carbocycles. The van der Waals surface area contributed by atoms with Crippen molar-refractivity contribution in [2.24, 2.45) is 0 Å². The van der Waals surface area contributed by atoms with Crippen molar-refractivity contribution in [3.63, 3.8) is 0 Å². The number of rotatable bonds is 2. The summed E-state index contributed by atoms with van der Waals surface area (Å²) < 4.78 is 35.8. The fraction of sp³-hybridized carbons (Fsp3) is 0.200. The van der Waals surface area contributed by atoms with Crippen molar-refractivity contribution in [3.8, 4) is 0 Å². The lowest BCUT2D eigenvalue weighted by Gasteiger charge is -1.91. The highest BCUT2D eigenvalue weighted by atomic mass is 32.2. The van der Waals surface area contributed by atoms with Crippen LogP contribution in [0.1, 0.15) is 4.88 Å². The molecule has 1 heterocycles. The topological polar surface area (TPSA) is 34.1 Å². The molecule has 1 aromatic heterocycles. The number of sulfone groups is 1. The van der Waals surface area contributed by atoms with Crippen molar-refractivity contribution in [2.45, 2.75) is 5.75 Å². The van der Waals surface area contributed by atoms with Gasteiger partial charge in [-0.05, 0) is 23.6 Å². The summed E-state index contributed by atoms with van der Waals surface area (Å²) in [5.41, 5.74) is 0. The van der Waals surface area contributed by atoms with E-state index in [1.807, 2.05) is 0 Å². The molecule has 0 spiro atoms. The van der Waals surface area contributed by atoms with Crippen LogP contribution in [0.15, 0.2) is 24.3 Å². The van der Waals surface area contributed by atoms with Gasteiger partial charge in [0.15, 0.2) is 9.84 Å². The molecule has 0 radical (unpaired) electrons. The van der Waals surface area contributed by atoms with Crippen LogP contribution >= 0.6 is 11.3 Å². The summed E-state index contributed by atoms with van der Waals surface area (Å²) in [6, 6.07) is 6.25. The first kappa shape index (κ1) is 10.6. The maximum absolute atomic E-state index is 12.9. The fourth-order valence-electron chi connectivity index (χ4n) is 1.39. The van der Waals surface area contributed by atoms with Crippen molar-refractivity contribution in [1.29, 1.82) is 0 Å². The van der Waals surface area contributed by atoms with Gasteiger partial charge in [0, 0.05) is 15.8 Å². The predicted molar refractivity (Wildman–Crippen MR) is 60.3 cm³/mol. The molecule has 0 saturated heterocycles. The van der Waals surface area contributed by atoms with Gasteiger partial charge in [0.2, 0.25) is 0 Å². The fourth-order valence-corrected chi connectivity index (χ4v) is 3.75. The van der Waals surface area contributed by atoms with Crippen LogP contribution in [0.5, 0.6) is 0 Å². The molecule has 0 aliphatic rings. The average Bonchev–Trinajstić information content (AvgIpc) is 2.42. The summed E-state index contributed by atoms with van der Waals surface area (Å²) in [7, 11) is -3.02. The van der Waals surface area contributed by atoms with Crippen LogP contribution in [-0.4, -0.2) is 14.7 Å². The SMILES string of the molecule is CS(=O)(=O)Cc1cc2ccc(F)cc2s1. The molecular weight excluding hydrogens is 235 g/mol. The first-order valence-electron chi connectivity index (χ1n) is 4.30. The zero-order chi connectivity index (χ0) is 11.1. The largest absolute Gasteiger partial charge is 0.229 e. The second kappa shape index (κ2) is 3.57. The second-order valence-electron chi connectivity index (χ2n) is 3.46. The van der Waals surface area contributed by atoms with E-state index in [1.165, 1.54) is 29.7 Å². The Labute approximate surface area is 91.3 Å². The number of fused-ring (bicyclic) bond motifs is 1. The second-order valence-corrected chi connectivity index (χ2v) is 6.77. The van der Waals surface area contributed by atoms with Gasteiger partial charge in [0.25, 0.3) is 0 Å². The zero-order valence-electron chi connectivity index (χ0n) is 8.03. The van der Waals surface area contributed by atoms with Gasteiger partial charge in [-0.25, -0.2) is 12.8 Å². The quantitative estimate of drug-likeness (QED) is 0.813. The van der Waals surface area contributed by atoms with Crippen LogP contribution in [0.4, 0.5) is 4.39 Å². The van der Waals surface area contributed by atoms with E-state index in [0.29, 0.717) is 0 Å². The minimum atomic E-state index is -3.02. The lowest BCUT2D eigenvalue weighted by atomic mass is 10.2. The Kier molecular flexibility index (Phi) is 2.52. The number of benzene rings is 1. The van der Waals surface area contributed by atoms with E-state index in [2.05, 4.69) is 0 Å². The van der Waals surface area contributed by atoms with Crippen molar-refractivity contribution in [1.82, 2.24) is 0 Å². The highest BCUT2D eigenvalue weighted by Gasteiger charge is 2.08. The molecule has 2 rings (SSSR count). The molecule has 0 unspecified atom stereocenters. The predicted octanol–water partition coefficient (Wildman–Crippen LogP) is 2.59. The van der Waals surface area contributed by atoms with E-state index in [9.17, 15) is 12.8 Å². The third-order valence-electron chi connectivity index (χ3n) is 1.94. The molecule has 2 nitrogen and oxygen atoms in total. The maximum Gasteiger partial charge on any atom is 0.152 e. The maximum atomic E-state index is 12.9. The van der Waals surface area contributed by atoms with E-state index in [0.717, 1.165) is 15.0 Å². The van der Waals surface area contributed by atoms with Gasteiger partial charge in [-0.15, -0.1) is 11.3 Å². The van der Waals surface area contributed by atoms with Crippen molar-refractivity contribution in [2.75, 3.05) is 6.26 Å². The highest BCUT2D eigenvalue weighted by Crippen LogP contribution is 2.27. The zero-order valence-corrected chi connectivity index (χ0v) is 9.66. The molecule has 0 N–H and O–H groups in total. The summed E-state index contributed by atoms with van der Waals surface area (Å²) in [6.45, 7) is 0. The van der Waals surface area contributed by atoms with Crippen molar-refractivity contribution in [3.05, 3.63) is 35.0 Å². The summed E-state index contributed by atoms with van der Waals surface area (Å²) in [5.74, 6) is -0.274. The van der Waals surface area contributed by atoms with Crippen LogP contribution in [0.3, 0.4) is 0 Å². The van der Waals surface area contributed by atoms with E-state index in [1.54, 1.807) is 12.1 Å². The number of halogens is 1. The lowest BCUT2D eigenvalue weighted by Crippen LogP contribution is -1.98. The molecule has 15 heavy (non-hydrogen) atoms. The number of hydrogen-bond acceptors (Lipinski definition) is 3. The minimum Gasteiger partial charge on any atom is -0.229 e. The van der Waals surface area contributed by atoms with Gasteiger partial charge in [0.1, 0.15) is 5.82 Å². The third-order valence-corrected chi connectivity index (χ3v) is 4.05. The molecule has 0 aliphatic carbocycles. The number of thiophene rings is 1. The van der Waals surface area contributed by atoms with Crippen molar-refractivity contribution < 1.29 is 12.8 Å². The Bertz CT molecular complexity index is 599. The highest BCUT2D eigenvalue weighted by molar-refractivity contribution is 7.90. The van der Waals surface area contributed by atoms with Crippen molar-refractivity contribution >= 4 is 31.3 Å². The van der Waals surface area contributed by atoms with Gasteiger partial charge in [-0.3, -0.25) is 0 Å². The van der Waals surface area contributed by atoms with Crippen LogP contribution in [0.25, 0.3) is 10.1 Å². The Morgan fingerprint density at radius 2 is 2.07 bits per heavy atom. The molecular formula is C10H9FO2S2. The summed E-state index contributed by atoms with van der Waals surface area (Å²) >= 11 is 1.32. The van der Waals surface area contributed by atoms with Crippen LogP contribution in [0, 0.1) is 5.82 Å². The Morgan fingerprint density at radius 3 is 2.73 bits per heavy atom. The average molecular weight is 244 g/mol. The molecule has 2 aromatic rings. The van der Waals surface area contributed by atoms with Crippen LogP contribution in [0.2, 0.25) is 0 Å². The van der Waals surface area contributed by atoms with E-state index in [-0.39, 0.29) is 11.6 Å². The molecule has 0 bridgehead atoms. The van der Waals surface area contributed by atoms with E-state index in [4.69, 9.17) is 0 Å². The van der Waals surface area contributed by atoms with Gasteiger partial charge >= 0.3 is 0 Å². The Balaban J connectivity index is 2.48. The molecule has 5 heteroatoms. The smallest absolute Gasteiger partial charge is 0.152 e. The first-order valence-corrected chi connectivity index (χ1v) is 7.17. The van der Waals surface area contributed by atoms with Crippen LogP contribution < -0.4 is 0 Å². The summed E-state index contributed by atoms with van der Waals surface area (Å²) in [4.78, 5) is 0.748. The van der Waals surface area contributed by atoms with E-state index >= 15 is 0 Å². The first-order chi connectivity index (χ1) is 6.94. The Hall–Kier alpha value is -0.940. The third kappa shape index (κ3) is 2.54. The lowest BCUT2D eigenvalue weighted by molar-refractivity contribution is 0.601. The molecule has 0 atom stereocenters. The van der Waals surface area contributed by atoms with Gasteiger partial charge in [-0.1, -0.05) is 6.07 Å². The van der Waals surface area contributed by atoms with E-state index < -0.39 is 9.84 Å². The number of hydrogen-bond donors (Lipinski definition) is 0. The monoisotopic (exact) mass is 244 g/mol. The minimum absolute atomic E-state index is 0.0218. The molecule has 0 fully saturated rings. The van der Waals surface area contributed by atoms with Gasteiger partial charge < -0.3 is 0 Å². The van der Waals surface area contributed by atoms with Crippen LogP contribution in [-0.2, 0) is 15.6 Å². The van der Waals surface area contributed by atoms with Gasteiger partial charge in [0.05, 0.1) is 5.75 Å². The molecule has 0 amide bonds. The normalized spacial score (nSPS) is 12.1. The Morgan fingerprint density at radius 1 is 1.33 bits per heavy atom. The van der Waals surface area contributed by atoms with Gasteiger partial charge in [-0.2, -0.15) is 0 Å². The summed E-state index contributed by atoms with van der Waals surface area (Å²) in [5, 5.41) is 0.889. The molecule has 80 valence electrons. The molecule has 0 saturated carbocycles. The molecule has 0 aliphatic heterocycles. The standard InChI is InChI=1S/C10H9FO2S2/c1-15(12,13)6-9-4-7-2-3-8(11)5-10(7)14-9/h2-5H,6H2,1H3. The summed E-state index contributed by atoms with van der Waals surface area (Å²) in [6.07, 6.45) is 1.19.